The number of rotatable bonds is 5. The summed E-state index contributed by atoms with van der Waals surface area (Å²) in [6.45, 7) is 1.75. The van der Waals surface area contributed by atoms with E-state index < -0.39 is 32.7 Å². The van der Waals surface area contributed by atoms with Gasteiger partial charge in [0.1, 0.15) is 0 Å². The van der Waals surface area contributed by atoms with Gasteiger partial charge in [-0.15, -0.1) is 0 Å². The third-order valence-corrected chi connectivity index (χ3v) is 5.46. The highest BCUT2D eigenvalue weighted by molar-refractivity contribution is 9.10. The largest absolute Gasteiger partial charge is 0.417 e. The van der Waals surface area contributed by atoms with E-state index >= 15 is 0 Å². The van der Waals surface area contributed by atoms with E-state index in [9.17, 15) is 21.6 Å². The summed E-state index contributed by atoms with van der Waals surface area (Å²) in [6.07, 6.45) is -4.35. The molecule has 24 heavy (non-hydrogen) atoms. The number of nitrogens with one attached hydrogen (secondary N) is 1. The van der Waals surface area contributed by atoms with Crippen LogP contribution in [0, 0.1) is 0 Å². The molecule has 0 fully saturated rings. The number of benzene rings is 2. The van der Waals surface area contributed by atoms with Crippen molar-refractivity contribution in [2.24, 2.45) is 0 Å². The van der Waals surface area contributed by atoms with Gasteiger partial charge in [-0.3, -0.25) is 0 Å². The Morgan fingerprint density at radius 1 is 1.12 bits per heavy atom. The van der Waals surface area contributed by atoms with Crippen LogP contribution in [0.15, 0.2) is 57.9 Å². The highest BCUT2D eigenvalue weighted by Crippen LogP contribution is 2.34. The van der Waals surface area contributed by atoms with Gasteiger partial charge in [0.15, 0.2) is 0 Å². The van der Waals surface area contributed by atoms with Crippen LogP contribution in [0.2, 0.25) is 0 Å². The van der Waals surface area contributed by atoms with Crippen LogP contribution in [0.5, 0.6) is 0 Å². The van der Waals surface area contributed by atoms with E-state index in [1.807, 2.05) is 0 Å². The van der Waals surface area contributed by atoms with Gasteiger partial charge >= 0.3 is 6.18 Å². The first-order valence-electron chi connectivity index (χ1n) is 7.09. The van der Waals surface area contributed by atoms with Gasteiger partial charge < -0.3 is 0 Å². The normalized spacial score (nSPS) is 13.7. The van der Waals surface area contributed by atoms with E-state index in [1.54, 1.807) is 31.2 Å². The first kappa shape index (κ1) is 19.0. The maximum Gasteiger partial charge on any atom is 0.417 e. The Balaban J connectivity index is 2.41. The van der Waals surface area contributed by atoms with Crippen molar-refractivity contribution in [3.63, 3.8) is 0 Å². The fourth-order valence-corrected chi connectivity index (χ4v) is 4.25. The number of halogens is 4. The standard InChI is InChI=1S/C16H15BrF3NO2S/c1-2-14(11-6-5-7-12(17)10-11)21-24(22,23)15-9-4-3-8-13(15)16(18,19)20/h3-10,14,21H,2H2,1H3/t14-/m0/s1. The molecule has 2 aromatic rings. The molecule has 0 bridgehead atoms. The lowest BCUT2D eigenvalue weighted by Gasteiger charge is -2.20. The van der Waals surface area contributed by atoms with Crippen molar-refractivity contribution in [3.05, 3.63) is 64.1 Å². The van der Waals surface area contributed by atoms with Crippen molar-refractivity contribution in [1.82, 2.24) is 4.72 Å². The highest BCUT2D eigenvalue weighted by Gasteiger charge is 2.37. The Morgan fingerprint density at radius 3 is 2.38 bits per heavy atom. The summed E-state index contributed by atoms with van der Waals surface area (Å²) < 4.78 is 67.4. The van der Waals surface area contributed by atoms with Crippen LogP contribution >= 0.6 is 15.9 Å². The minimum Gasteiger partial charge on any atom is -0.207 e. The fourth-order valence-electron chi connectivity index (χ4n) is 2.30. The minimum atomic E-state index is -4.75. The highest BCUT2D eigenvalue weighted by atomic mass is 79.9. The molecule has 2 aromatic carbocycles. The molecule has 0 aliphatic heterocycles. The van der Waals surface area contributed by atoms with E-state index in [2.05, 4.69) is 20.7 Å². The molecule has 0 aromatic heterocycles. The summed E-state index contributed by atoms with van der Waals surface area (Å²) in [4.78, 5) is -0.772. The van der Waals surface area contributed by atoms with Crippen LogP contribution in [0.3, 0.4) is 0 Å². The summed E-state index contributed by atoms with van der Waals surface area (Å²) in [5.74, 6) is 0. The zero-order valence-corrected chi connectivity index (χ0v) is 15.0. The summed E-state index contributed by atoms with van der Waals surface area (Å²) in [5.41, 5.74) is -0.512. The Hall–Kier alpha value is -1.38. The second-order valence-corrected chi connectivity index (χ2v) is 7.73. The Labute approximate surface area is 147 Å². The monoisotopic (exact) mass is 421 g/mol. The second kappa shape index (κ2) is 7.25. The summed E-state index contributed by atoms with van der Waals surface area (Å²) >= 11 is 3.30. The average Bonchev–Trinajstić information content (AvgIpc) is 2.52. The predicted octanol–water partition coefficient (Wildman–Crippen LogP) is 4.90. The first-order chi connectivity index (χ1) is 11.1. The summed E-state index contributed by atoms with van der Waals surface area (Å²) in [5, 5.41) is 0. The molecule has 0 aliphatic carbocycles. The van der Waals surface area contributed by atoms with Gasteiger partial charge in [-0.2, -0.15) is 13.2 Å². The van der Waals surface area contributed by atoms with Gasteiger partial charge in [-0.05, 0) is 36.2 Å². The van der Waals surface area contributed by atoms with E-state index in [0.29, 0.717) is 12.0 Å². The Kier molecular flexibility index (Phi) is 5.72. The van der Waals surface area contributed by atoms with E-state index in [0.717, 1.165) is 22.7 Å². The quantitative estimate of drug-likeness (QED) is 0.746. The number of hydrogen-bond acceptors (Lipinski definition) is 2. The maximum atomic E-state index is 13.1. The van der Waals surface area contributed by atoms with E-state index in [-0.39, 0.29) is 0 Å². The van der Waals surface area contributed by atoms with Crippen LogP contribution in [0.25, 0.3) is 0 Å². The lowest BCUT2D eigenvalue weighted by molar-refractivity contribution is -0.139. The van der Waals surface area contributed by atoms with Crippen molar-refractivity contribution < 1.29 is 21.6 Å². The second-order valence-electron chi connectivity index (χ2n) is 5.13. The van der Waals surface area contributed by atoms with Crippen LogP contribution < -0.4 is 4.72 Å². The Morgan fingerprint density at radius 2 is 1.79 bits per heavy atom. The molecule has 8 heteroatoms. The minimum absolute atomic E-state index is 0.393. The molecule has 3 nitrogen and oxygen atoms in total. The van der Waals surface area contributed by atoms with Gasteiger partial charge in [0.05, 0.1) is 10.5 Å². The van der Waals surface area contributed by atoms with Crippen LogP contribution in [0.1, 0.15) is 30.5 Å². The molecule has 0 saturated carbocycles. The van der Waals surface area contributed by atoms with Crippen LogP contribution in [-0.4, -0.2) is 8.42 Å². The van der Waals surface area contributed by atoms with Gasteiger partial charge in [0.25, 0.3) is 0 Å². The van der Waals surface area contributed by atoms with Crippen molar-refractivity contribution in [2.75, 3.05) is 0 Å². The topological polar surface area (TPSA) is 46.2 Å². The van der Waals surface area contributed by atoms with E-state index in [1.165, 1.54) is 6.07 Å². The van der Waals surface area contributed by atoms with Crippen molar-refractivity contribution in [3.8, 4) is 0 Å². The average molecular weight is 422 g/mol. The van der Waals surface area contributed by atoms with E-state index in [4.69, 9.17) is 0 Å². The molecular formula is C16H15BrF3NO2S. The van der Waals surface area contributed by atoms with Gasteiger partial charge in [0.2, 0.25) is 10.0 Å². The van der Waals surface area contributed by atoms with Crippen molar-refractivity contribution in [1.29, 1.82) is 0 Å². The fraction of sp³-hybridized carbons (Fsp3) is 0.250. The van der Waals surface area contributed by atoms with Crippen molar-refractivity contribution >= 4 is 26.0 Å². The zero-order chi connectivity index (χ0) is 18.0. The Bertz CT molecular complexity index is 822. The molecule has 0 heterocycles. The van der Waals surface area contributed by atoms with Crippen molar-refractivity contribution in [2.45, 2.75) is 30.5 Å². The molecule has 0 aliphatic rings. The van der Waals surface area contributed by atoms with Gasteiger partial charge in [-0.1, -0.05) is 47.1 Å². The maximum absolute atomic E-state index is 13.1. The molecule has 0 spiro atoms. The molecule has 0 radical (unpaired) electrons. The molecule has 1 atom stereocenters. The number of sulfonamides is 1. The first-order valence-corrected chi connectivity index (χ1v) is 9.37. The molecule has 1 N–H and O–H groups in total. The molecule has 130 valence electrons. The third-order valence-electron chi connectivity index (χ3n) is 3.44. The number of hydrogen-bond donors (Lipinski definition) is 1. The van der Waals surface area contributed by atoms with Gasteiger partial charge in [-0.25, -0.2) is 13.1 Å². The third kappa shape index (κ3) is 4.37. The lowest BCUT2D eigenvalue weighted by atomic mass is 10.1. The predicted molar refractivity (Wildman–Crippen MR) is 88.9 cm³/mol. The van der Waals surface area contributed by atoms with Gasteiger partial charge in [0, 0.05) is 10.5 Å². The molecular weight excluding hydrogens is 407 g/mol. The lowest BCUT2D eigenvalue weighted by Crippen LogP contribution is -2.30. The summed E-state index contributed by atoms with van der Waals surface area (Å²) in [7, 11) is -4.33. The summed E-state index contributed by atoms with van der Waals surface area (Å²) in [6, 6.07) is 10.5. The molecule has 0 amide bonds. The molecule has 2 rings (SSSR count). The zero-order valence-electron chi connectivity index (χ0n) is 12.6. The molecule has 0 saturated heterocycles. The number of alkyl halides is 3. The SMILES string of the molecule is CC[C@H](NS(=O)(=O)c1ccccc1C(F)(F)F)c1cccc(Br)c1. The van der Waals surface area contributed by atoms with Crippen LogP contribution in [-0.2, 0) is 16.2 Å². The molecule has 0 unspecified atom stereocenters. The smallest absolute Gasteiger partial charge is 0.207 e. The van der Waals surface area contributed by atoms with Crippen LogP contribution in [0.4, 0.5) is 13.2 Å².